The van der Waals surface area contributed by atoms with Gasteiger partial charge in [0.2, 0.25) is 0 Å². The molecule has 18 heavy (non-hydrogen) atoms. The van der Waals surface area contributed by atoms with Crippen molar-refractivity contribution in [2.45, 2.75) is 31.2 Å². The summed E-state index contributed by atoms with van der Waals surface area (Å²) in [6.45, 7) is 3.62. The molecule has 1 amide bonds. The molecule has 100 valence electrons. The molecule has 0 bridgehead atoms. The fourth-order valence-electron chi connectivity index (χ4n) is 1.23. The highest BCUT2D eigenvalue weighted by Gasteiger charge is 2.18. The first-order valence-electron chi connectivity index (χ1n) is 5.30. The van der Waals surface area contributed by atoms with E-state index in [1.807, 2.05) is 6.92 Å². The monoisotopic (exact) mass is 293 g/mol. The standard InChI is InChI=1S/C11H13ClFNO3S/c1-3-7(2)14-11(15)9-6-8(18(12,16)17)4-5-10(9)13/h4-7H,3H2,1-2H3,(H,14,15). The van der Waals surface area contributed by atoms with Crippen molar-refractivity contribution in [2.75, 3.05) is 0 Å². The van der Waals surface area contributed by atoms with E-state index in [0.717, 1.165) is 18.2 Å². The van der Waals surface area contributed by atoms with Gasteiger partial charge < -0.3 is 5.32 Å². The molecule has 1 aromatic rings. The molecule has 0 spiro atoms. The molecule has 0 radical (unpaired) electrons. The van der Waals surface area contributed by atoms with Crippen LogP contribution >= 0.6 is 10.7 Å². The molecule has 1 aromatic carbocycles. The minimum Gasteiger partial charge on any atom is -0.350 e. The number of hydrogen-bond acceptors (Lipinski definition) is 3. The number of benzene rings is 1. The third kappa shape index (κ3) is 3.68. The van der Waals surface area contributed by atoms with E-state index in [4.69, 9.17) is 10.7 Å². The Morgan fingerprint density at radius 1 is 1.50 bits per heavy atom. The molecule has 1 atom stereocenters. The average molecular weight is 294 g/mol. The predicted octanol–water partition coefficient (Wildman–Crippen LogP) is 2.28. The highest BCUT2D eigenvalue weighted by Crippen LogP contribution is 2.18. The van der Waals surface area contributed by atoms with Gasteiger partial charge in [-0.05, 0) is 31.5 Å². The number of rotatable bonds is 4. The van der Waals surface area contributed by atoms with Gasteiger partial charge in [0.05, 0.1) is 10.5 Å². The van der Waals surface area contributed by atoms with Crippen molar-refractivity contribution in [1.29, 1.82) is 0 Å². The zero-order valence-corrected chi connectivity index (χ0v) is 11.5. The first kappa shape index (κ1) is 14.9. The van der Waals surface area contributed by atoms with Gasteiger partial charge in [-0.1, -0.05) is 6.92 Å². The predicted molar refractivity (Wildman–Crippen MR) is 66.7 cm³/mol. The Hall–Kier alpha value is -1.14. The van der Waals surface area contributed by atoms with Crippen molar-refractivity contribution in [2.24, 2.45) is 0 Å². The number of nitrogens with one attached hydrogen (secondary N) is 1. The van der Waals surface area contributed by atoms with E-state index in [1.165, 1.54) is 0 Å². The van der Waals surface area contributed by atoms with E-state index in [-0.39, 0.29) is 16.5 Å². The van der Waals surface area contributed by atoms with Gasteiger partial charge in [-0.2, -0.15) is 0 Å². The second kappa shape index (κ2) is 5.67. The summed E-state index contributed by atoms with van der Waals surface area (Å²) in [5.41, 5.74) is -0.336. The van der Waals surface area contributed by atoms with Crippen LogP contribution in [0.2, 0.25) is 0 Å². The number of carbonyl (C=O) groups excluding carboxylic acids is 1. The van der Waals surface area contributed by atoms with Crippen molar-refractivity contribution in [3.8, 4) is 0 Å². The van der Waals surface area contributed by atoms with Gasteiger partial charge >= 0.3 is 0 Å². The van der Waals surface area contributed by atoms with Gasteiger partial charge in [-0.15, -0.1) is 0 Å². The van der Waals surface area contributed by atoms with E-state index in [0.29, 0.717) is 6.42 Å². The Labute approximate surface area is 110 Å². The third-order valence-corrected chi connectivity index (χ3v) is 3.81. The molecule has 1 N–H and O–H groups in total. The molecule has 0 aliphatic carbocycles. The van der Waals surface area contributed by atoms with Gasteiger partial charge in [0, 0.05) is 16.7 Å². The van der Waals surface area contributed by atoms with E-state index >= 15 is 0 Å². The summed E-state index contributed by atoms with van der Waals surface area (Å²) in [4.78, 5) is 11.4. The zero-order valence-electron chi connectivity index (χ0n) is 9.91. The summed E-state index contributed by atoms with van der Waals surface area (Å²) >= 11 is 0. The Bertz CT molecular complexity index is 559. The first-order chi connectivity index (χ1) is 8.25. The second-order valence-corrected chi connectivity index (χ2v) is 6.43. The second-order valence-electron chi connectivity index (χ2n) is 3.86. The molecule has 0 saturated carbocycles. The van der Waals surface area contributed by atoms with Crippen LogP contribution in [0.4, 0.5) is 4.39 Å². The normalized spacial score (nSPS) is 13.1. The molecule has 1 rings (SSSR count). The maximum atomic E-state index is 13.5. The largest absolute Gasteiger partial charge is 0.350 e. The van der Waals surface area contributed by atoms with Gasteiger partial charge in [0.25, 0.3) is 15.0 Å². The van der Waals surface area contributed by atoms with E-state index < -0.39 is 20.8 Å². The molecule has 0 heterocycles. The Balaban J connectivity index is 3.12. The van der Waals surface area contributed by atoms with Crippen LogP contribution in [0.15, 0.2) is 23.1 Å². The van der Waals surface area contributed by atoms with Gasteiger partial charge in [0.1, 0.15) is 5.82 Å². The highest BCUT2D eigenvalue weighted by atomic mass is 35.7. The molecule has 0 aromatic heterocycles. The smallest absolute Gasteiger partial charge is 0.261 e. The van der Waals surface area contributed by atoms with Crippen molar-refractivity contribution in [3.05, 3.63) is 29.6 Å². The fraction of sp³-hybridized carbons (Fsp3) is 0.364. The summed E-state index contributed by atoms with van der Waals surface area (Å²) in [6, 6.07) is 2.71. The van der Waals surface area contributed by atoms with Crippen LogP contribution in [-0.4, -0.2) is 20.4 Å². The topological polar surface area (TPSA) is 63.2 Å². The number of amides is 1. The van der Waals surface area contributed by atoms with Gasteiger partial charge in [-0.3, -0.25) is 4.79 Å². The van der Waals surface area contributed by atoms with Crippen LogP contribution in [0.1, 0.15) is 30.6 Å². The van der Waals surface area contributed by atoms with Crippen LogP contribution < -0.4 is 5.32 Å². The quantitative estimate of drug-likeness (QED) is 0.866. The van der Waals surface area contributed by atoms with Crippen LogP contribution in [0, 0.1) is 5.82 Å². The summed E-state index contributed by atoms with van der Waals surface area (Å²) < 4.78 is 35.7. The van der Waals surface area contributed by atoms with Crippen LogP contribution in [0.25, 0.3) is 0 Å². The molecule has 0 saturated heterocycles. The van der Waals surface area contributed by atoms with Crippen molar-refractivity contribution in [1.82, 2.24) is 5.32 Å². The summed E-state index contributed by atoms with van der Waals surface area (Å²) in [5, 5.41) is 2.55. The van der Waals surface area contributed by atoms with Crippen LogP contribution in [-0.2, 0) is 9.05 Å². The molecule has 7 heteroatoms. The average Bonchev–Trinajstić information content (AvgIpc) is 2.27. The molecule has 4 nitrogen and oxygen atoms in total. The van der Waals surface area contributed by atoms with E-state index in [9.17, 15) is 17.6 Å². The lowest BCUT2D eigenvalue weighted by molar-refractivity contribution is 0.0935. The lowest BCUT2D eigenvalue weighted by Crippen LogP contribution is -2.32. The summed E-state index contributed by atoms with van der Waals surface area (Å²) in [7, 11) is 1.15. The van der Waals surface area contributed by atoms with Crippen LogP contribution in [0.3, 0.4) is 0 Å². The maximum absolute atomic E-state index is 13.5. The van der Waals surface area contributed by atoms with E-state index in [1.54, 1.807) is 6.92 Å². The highest BCUT2D eigenvalue weighted by molar-refractivity contribution is 8.13. The molecular formula is C11H13ClFNO3S. The van der Waals surface area contributed by atoms with Crippen molar-refractivity contribution in [3.63, 3.8) is 0 Å². The zero-order chi connectivity index (χ0) is 13.9. The van der Waals surface area contributed by atoms with Crippen molar-refractivity contribution >= 4 is 25.6 Å². The minimum atomic E-state index is -3.98. The minimum absolute atomic E-state index is 0.131. The lowest BCUT2D eigenvalue weighted by Gasteiger charge is -2.12. The lowest BCUT2D eigenvalue weighted by atomic mass is 10.1. The SMILES string of the molecule is CCC(C)NC(=O)c1cc(S(=O)(=O)Cl)ccc1F. The Morgan fingerprint density at radius 3 is 2.61 bits per heavy atom. The summed E-state index contributed by atoms with van der Waals surface area (Å²) in [6.07, 6.45) is 0.681. The van der Waals surface area contributed by atoms with Crippen LogP contribution in [0.5, 0.6) is 0 Å². The van der Waals surface area contributed by atoms with E-state index in [2.05, 4.69) is 5.32 Å². The molecule has 1 unspecified atom stereocenters. The summed E-state index contributed by atoms with van der Waals surface area (Å²) in [5.74, 6) is -1.45. The molecular weight excluding hydrogens is 281 g/mol. The van der Waals surface area contributed by atoms with Gasteiger partial charge in [0.15, 0.2) is 0 Å². The van der Waals surface area contributed by atoms with Crippen molar-refractivity contribution < 1.29 is 17.6 Å². The Kier molecular flexibility index (Phi) is 4.70. The first-order valence-corrected chi connectivity index (χ1v) is 7.61. The molecule has 0 fully saturated rings. The number of hydrogen-bond donors (Lipinski definition) is 1. The fourth-order valence-corrected chi connectivity index (χ4v) is 2.01. The van der Waals surface area contributed by atoms with Gasteiger partial charge in [-0.25, -0.2) is 12.8 Å². The number of carbonyl (C=O) groups is 1. The maximum Gasteiger partial charge on any atom is 0.261 e. The third-order valence-electron chi connectivity index (χ3n) is 2.45. The number of halogens is 2. The Morgan fingerprint density at radius 2 is 2.11 bits per heavy atom. The molecule has 0 aliphatic heterocycles. The molecule has 0 aliphatic rings.